The molecule has 1 N–H and O–H groups in total. The van der Waals surface area contributed by atoms with E-state index in [1.807, 2.05) is 6.07 Å². The maximum Gasteiger partial charge on any atom is 0.165 e. The van der Waals surface area contributed by atoms with Crippen molar-refractivity contribution in [2.24, 2.45) is 0 Å². The molecule has 1 aliphatic carbocycles. The molecule has 98 valence electrons. The van der Waals surface area contributed by atoms with Crippen molar-refractivity contribution in [2.75, 3.05) is 26.9 Å². The lowest BCUT2D eigenvalue weighted by Gasteiger charge is -2.42. The van der Waals surface area contributed by atoms with Gasteiger partial charge < -0.3 is 14.8 Å². The molecule has 0 radical (unpaired) electrons. The lowest BCUT2D eigenvalue weighted by Crippen LogP contribution is -2.53. The highest BCUT2D eigenvalue weighted by Gasteiger charge is 2.41. The van der Waals surface area contributed by atoms with E-state index in [1.165, 1.54) is 20.0 Å². The molecule has 1 heterocycles. The van der Waals surface area contributed by atoms with Crippen molar-refractivity contribution in [2.45, 2.75) is 24.3 Å². The molecule has 3 rings (SSSR count). The van der Waals surface area contributed by atoms with Crippen LogP contribution in [0, 0.1) is 5.82 Å². The average Bonchev–Trinajstić information content (AvgIpc) is 3.12. The monoisotopic (exact) mass is 251 g/mol. The predicted octanol–water partition coefficient (Wildman–Crippen LogP) is 1.85. The van der Waals surface area contributed by atoms with Crippen LogP contribution in [0.25, 0.3) is 0 Å². The van der Waals surface area contributed by atoms with E-state index in [1.54, 1.807) is 12.1 Å². The van der Waals surface area contributed by atoms with E-state index in [-0.39, 0.29) is 11.2 Å². The molecule has 1 aliphatic heterocycles. The molecular weight excluding hydrogens is 233 g/mol. The second-order valence-electron chi connectivity index (χ2n) is 5.28. The van der Waals surface area contributed by atoms with Crippen LogP contribution in [0.2, 0.25) is 0 Å². The van der Waals surface area contributed by atoms with Crippen LogP contribution in [-0.2, 0) is 10.2 Å². The zero-order valence-electron chi connectivity index (χ0n) is 10.5. The van der Waals surface area contributed by atoms with Crippen molar-refractivity contribution < 1.29 is 13.9 Å². The molecule has 2 fully saturated rings. The molecule has 18 heavy (non-hydrogen) atoms. The Labute approximate surface area is 106 Å². The van der Waals surface area contributed by atoms with Gasteiger partial charge in [-0.25, -0.2) is 4.39 Å². The van der Waals surface area contributed by atoms with Crippen molar-refractivity contribution >= 4 is 0 Å². The van der Waals surface area contributed by atoms with E-state index < -0.39 is 0 Å². The van der Waals surface area contributed by atoms with E-state index in [4.69, 9.17) is 9.47 Å². The van der Waals surface area contributed by atoms with Crippen molar-refractivity contribution in [3.8, 4) is 5.75 Å². The fourth-order valence-corrected chi connectivity index (χ4v) is 2.34. The summed E-state index contributed by atoms with van der Waals surface area (Å²) in [4.78, 5) is 0. The zero-order chi connectivity index (χ0) is 12.6. The van der Waals surface area contributed by atoms with Crippen molar-refractivity contribution in [1.82, 2.24) is 5.32 Å². The van der Waals surface area contributed by atoms with E-state index in [9.17, 15) is 4.39 Å². The number of rotatable bonds is 5. The van der Waals surface area contributed by atoms with Crippen molar-refractivity contribution in [3.63, 3.8) is 0 Å². The summed E-state index contributed by atoms with van der Waals surface area (Å²) < 4.78 is 24.1. The van der Waals surface area contributed by atoms with Gasteiger partial charge in [-0.2, -0.15) is 0 Å². The molecule has 0 aromatic heterocycles. The topological polar surface area (TPSA) is 30.5 Å². The maximum absolute atomic E-state index is 13.8. The van der Waals surface area contributed by atoms with Gasteiger partial charge in [-0.05, 0) is 30.5 Å². The van der Waals surface area contributed by atoms with Crippen LogP contribution in [0.3, 0.4) is 0 Å². The summed E-state index contributed by atoms with van der Waals surface area (Å²) in [5.41, 5.74) is 0.940. The Morgan fingerprint density at radius 2 is 2.22 bits per heavy atom. The van der Waals surface area contributed by atoms with E-state index in [2.05, 4.69) is 5.32 Å². The third-order valence-corrected chi connectivity index (χ3v) is 3.83. The van der Waals surface area contributed by atoms with E-state index >= 15 is 0 Å². The summed E-state index contributed by atoms with van der Waals surface area (Å²) in [5, 5.41) is 3.51. The van der Waals surface area contributed by atoms with Crippen LogP contribution in [-0.4, -0.2) is 32.9 Å². The normalized spacial score (nSPS) is 21.4. The molecule has 3 nitrogen and oxygen atoms in total. The van der Waals surface area contributed by atoms with Gasteiger partial charge in [0.15, 0.2) is 11.6 Å². The summed E-state index contributed by atoms with van der Waals surface area (Å²) in [6, 6.07) is 5.88. The Morgan fingerprint density at radius 1 is 1.44 bits per heavy atom. The number of methoxy groups -OCH3 is 1. The minimum absolute atomic E-state index is 0.0598. The lowest BCUT2D eigenvalue weighted by atomic mass is 9.78. The van der Waals surface area contributed by atoms with Crippen LogP contribution in [0.5, 0.6) is 5.75 Å². The Kier molecular flexibility index (Phi) is 2.99. The number of hydrogen-bond donors (Lipinski definition) is 1. The van der Waals surface area contributed by atoms with Crippen molar-refractivity contribution in [1.29, 1.82) is 0 Å². The zero-order valence-corrected chi connectivity index (χ0v) is 10.5. The summed E-state index contributed by atoms with van der Waals surface area (Å²) >= 11 is 0. The second kappa shape index (κ2) is 4.52. The first-order valence-electron chi connectivity index (χ1n) is 6.39. The van der Waals surface area contributed by atoms with Gasteiger partial charge in [-0.1, -0.05) is 6.07 Å². The molecule has 0 spiro atoms. The highest BCUT2D eigenvalue weighted by molar-refractivity contribution is 5.36. The third-order valence-electron chi connectivity index (χ3n) is 3.83. The first-order valence-corrected chi connectivity index (χ1v) is 6.39. The summed E-state index contributed by atoms with van der Waals surface area (Å²) in [6.07, 6.45) is 2.52. The largest absolute Gasteiger partial charge is 0.494 e. The smallest absolute Gasteiger partial charge is 0.165 e. The van der Waals surface area contributed by atoms with Gasteiger partial charge >= 0.3 is 0 Å². The molecule has 1 aromatic carbocycles. The van der Waals surface area contributed by atoms with Gasteiger partial charge in [0.1, 0.15) is 0 Å². The van der Waals surface area contributed by atoms with E-state index in [0.29, 0.717) is 25.0 Å². The van der Waals surface area contributed by atoms with Gasteiger partial charge in [0, 0.05) is 12.6 Å². The maximum atomic E-state index is 13.8. The van der Waals surface area contributed by atoms with Gasteiger partial charge in [0.25, 0.3) is 0 Å². The molecule has 0 unspecified atom stereocenters. The fourth-order valence-electron chi connectivity index (χ4n) is 2.34. The average molecular weight is 251 g/mol. The second-order valence-corrected chi connectivity index (χ2v) is 5.28. The SMILES string of the molecule is COc1ccc(C2(CNC3CC3)COC2)cc1F. The Hall–Kier alpha value is -1.13. The Morgan fingerprint density at radius 3 is 2.72 bits per heavy atom. The lowest BCUT2D eigenvalue weighted by molar-refractivity contribution is -0.0593. The minimum atomic E-state index is -0.298. The number of hydrogen-bond acceptors (Lipinski definition) is 3. The quantitative estimate of drug-likeness (QED) is 0.866. The molecule has 2 aliphatic rings. The third kappa shape index (κ3) is 2.10. The van der Waals surface area contributed by atoms with Crippen molar-refractivity contribution in [3.05, 3.63) is 29.6 Å². The molecule has 1 aromatic rings. The summed E-state index contributed by atoms with van der Waals surface area (Å²) in [7, 11) is 1.48. The molecule has 0 atom stereocenters. The van der Waals surface area contributed by atoms with Gasteiger partial charge in [0.2, 0.25) is 0 Å². The van der Waals surface area contributed by atoms with Crippen LogP contribution in [0.15, 0.2) is 18.2 Å². The summed E-state index contributed by atoms with van der Waals surface area (Å²) in [6.45, 7) is 2.19. The minimum Gasteiger partial charge on any atom is -0.494 e. The molecule has 1 saturated carbocycles. The summed E-state index contributed by atoms with van der Waals surface area (Å²) in [5.74, 6) is -0.00279. The predicted molar refractivity (Wildman–Crippen MR) is 66.5 cm³/mol. The van der Waals surface area contributed by atoms with Crippen LogP contribution in [0.4, 0.5) is 4.39 Å². The highest BCUT2D eigenvalue weighted by atomic mass is 19.1. The van der Waals surface area contributed by atoms with Crippen LogP contribution < -0.4 is 10.1 Å². The number of benzene rings is 1. The Bertz CT molecular complexity index is 441. The van der Waals surface area contributed by atoms with Crippen LogP contribution in [0.1, 0.15) is 18.4 Å². The fraction of sp³-hybridized carbons (Fsp3) is 0.571. The van der Waals surface area contributed by atoms with Gasteiger partial charge in [-0.3, -0.25) is 0 Å². The standard InChI is InChI=1S/C14H18FNO2/c1-17-13-5-2-10(6-12(13)15)14(8-18-9-14)7-16-11-3-4-11/h2,5-6,11,16H,3-4,7-9H2,1H3. The van der Waals surface area contributed by atoms with Gasteiger partial charge in [-0.15, -0.1) is 0 Å². The number of halogens is 1. The Balaban J connectivity index is 1.79. The molecule has 4 heteroatoms. The molecule has 0 bridgehead atoms. The van der Waals surface area contributed by atoms with Crippen LogP contribution >= 0.6 is 0 Å². The highest BCUT2D eigenvalue weighted by Crippen LogP contribution is 2.35. The number of ether oxygens (including phenoxy) is 2. The van der Waals surface area contributed by atoms with Gasteiger partial charge in [0.05, 0.1) is 25.7 Å². The molecular formula is C14H18FNO2. The first kappa shape index (κ1) is 11.9. The first-order chi connectivity index (χ1) is 8.73. The van der Waals surface area contributed by atoms with E-state index in [0.717, 1.165) is 12.1 Å². The number of nitrogens with one attached hydrogen (secondary N) is 1. The molecule has 1 saturated heterocycles. The molecule has 0 amide bonds.